The van der Waals surface area contributed by atoms with Crippen molar-refractivity contribution < 1.29 is 19.3 Å². The normalized spacial score (nSPS) is 16.6. The molecule has 1 aromatic rings. The Morgan fingerprint density at radius 2 is 2.43 bits per heavy atom. The number of rotatable bonds is 7. The maximum absolute atomic E-state index is 13.2. The fraction of sp³-hybridized carbons (Fsp3) is 0.600. The van der Waals surface area contributed by atoms with Gasteiger partial charge in [0.1, 0.15) is 18.7 Å². The summed E-state index contributed by atoms with van der Waals surface area (Å²) in [5.74, 6) is -0.00326. The molecule has 1 rings (SSSR count). The van der Waals surface area contributed by atoms with E-state index in [9.17, 15) is 19.4 Å². The third kappa shape index (κ3) is 3.67. The molecule has 116 valence electrons. The minimum Gasteiger partial charge on any atom is -0.393 e. The van der Waals surface area contributed by atoms with Crippen LogP contribution in [-0.2, 0) is 4.74 Å². The molecule has 0 saturated carbocycles. The molecule has 0 aliphatic rings. The molecular weight excluding hydrogens is 287 g/mol. The first kappa shape index (κ1) is 16.9. The Morgan fingerprint density at radius 1 is 1.76 bits per heavy atom. The van der Waals surface area contributed by atoms with E-state index in [0.29, 0.717) is 0 Å². The van der Waals surface area contributed by atoms with Crippen molar-refractivity contribution >= 4 is 5.82 Å². The van der Waals surface area contributed by atoms with E-state index < -0.39 is 37.0 Å². The Kier molecular flexibility index (Phi) is 5.61. The van der Waals surface area contributed by atoms with Gasteiger partial charge in [-0.05, 0) is 18.5 Å². The summed E-state index contributed by atoms with van der Waals surface area (Å²) in [7, 11) is 0. The average molecular weight is 302 g/mol. The highest BCUT2D eigenvalue weighted by Crippen LogP contribution is 2.24. The van der Waals surface area contributed by atoms with Crippen molar-refractivity contribution in [2.75, 3.05) is 19.0 Å². The fourth-order valence-electron chi connectivity index (χ4n) is 1.58. The molecule has 21 heavy (non-hydrogen) atoms. The van der Waals surface area contributed by atoms with Crippen molar-refractivity contribution in [3.8, 4) is 0 Å². The van der Waals surface area contributed by atoms with Crippen molar-refractivity contribution in [2.45, 2.75) is 25.0 Å². The second-order valence-electron chi connectivity index (χ2n) is 4.19. The molecule has 0 saturated heterocycles. The van der Waals surface area contributed by atoms with Crippen LogP contribution in [0.25, 0.3) is 10.4 Å². The smallest absolute Gasteiger partial charge is 0.351 e. The summed E-state index contributed by atoms with van der Waals surface area (Å²) in [6, 6.07) is 1.32. The van der Waals surface area contributed by atoms with Gasteiger partial charge in [0, 0.05) is 11.1 Å². The summed E-state index contributed by atoms with van der Waals surface area (Å²) in [4.78, 5) is 17.4. The lowest BCUT2D eigenvalue weighted by Crippen LogP contribution is -2.51. The van der Waals surface area contributed by atoms with Gasteiger partial charge in [0.15, 0.2) is 11.8 Å². The highest BCUT2D eigenvalue weighted by molar-refractivity contribution is 5.23. The van der Waals surface area contributed by atoms with Crippen LogP contribution < -0.4 is 11.4 Å². The lowest BCUT2D eigenvalue weighted by Gasteiger charge is -2.34. The predicted octanol–water partition coefficient (Wildman–Crippen LogP) is -0.310. The molecule has 0 fully saturated rings. The summed E-state index contributed by atoms with van der Waals surface area (Å²) >= 11 is 0. The molecule has 0 amide bonds. The SMILES string of the molecule is C[C@@H](OC(CO)(CF)C(O)N=[N+]=[N-])n1ccc(N)nc1=O. The molecule has 0 bridgehead atoms. The Labute approximate surface area is 118 Å². The zero-order chi connectivity index (χ0) is 16.0. The molecule has 3 atom stereocenters. The molecule has 11 heteroatoms. The number of nitrogens with two attached hydrogens (primary N) is 1. The van der Waals surface area contributed by atoms with Gasteiger partial charge < -0.3 is 20.7 Å². The van der Waals surface area contributed by atoms with E-state index in [2.05, 4.69) is 15.0 Å². The van der Waals surface area contributed by atoms with Crippen LogP contribution >= 0.6 is 0 Å². The van der Waals surface area contributed by atoms with Gasteiger partial charge in [-0.1, -0.05) is 5.11 Å². The number of nitrogens with zero attached hydrogens (tertiary/aromatic N) is 5. The van der Waals surface area contributed by atoms with Crippen LogP contribution in [0.2, 0.25) is 0 Å². The summed E-state index contributed by atoms with van der Waals surface area (Å²) in [5, 5.41) is 21.8. The molecule has 4 N–H and O–H groups in total. The molecule has 0 aromatic carbocycles. The van der Waals surface area contributed by atoms with Crippen LogP contribution in [0.15, 0.2) is 22.2 Å². The standard InChI is InChI=1S/C10H15FN6O4/c1-6(17-3-2-7(12)14-9(17)20)21-10(4-11,5-18)8(19)15-16-13/h2-3,6,8,18-19H,4-5H2,1H3,(H2,12,14,20)/t6-,8?,10?/m1/s1. The molecular formula is C10H15FN6O4. The third-order valence-electron chi connectivity index (χ3n) is 2.77. The summed E-state index contributed by atoms with van der Waals surface area (Å²) in [5.41, 5.74) is 10.7. The van der Waals surface area contributed by atoms with Gasteiger partial charge in [-0.2, -0.15) is 4.98 Å². The monoisotopic (exact) mass is 302 g/mol. The van der Waals surface area contributed by atoms with Gasteiger partial charge in [-0.25, -0.2) is 9.18 Å². The summed E-state index contributed by atoms with van der Waals surface area (Å²) in [6.45, 7) is -0.946. The first-order chi connectivity index (χ1) is 9.90. The quantitative estimate of drug-likeness (QED) is 0.356. The topological polar surface area (TPSA) is 159 Å². The van der Waals surface area contributed by atoms with E-state index in [1.165, 1.54) is 19.2 Å². The zero-order valence-corrected chi connectivity index (χ0v) is 11.1. The fourth-order valence-corrected chi connectivity index (χ4v) is 1.58. The maximum Gasteiger partial charge on any atom is 0.351 e. The molecule has 2 unspecified atom stereocenters. The van der Waals surface area contributed by atoms with E-state index in [0.717, 1.165) is 4.57 Å². The Bertz CT molecular complexity index is 583. The number of aliphatic hydroxyl groups excluding tert-OH is 2. The third-order valence-corrected chi connectivity index (χ3v) is 2.77. The number of alkyl halides is 1. The average Bonchev–Trinajstić information content (AvgIpc) is 2.44. The van der Waals surface area contributed by atoms with Crippen molar-refractivity contribution in [1.82, 2.24) is 9.55 Å². The van der Waals surface area contributed by atoms with Crippen LogP contribution in [0.5, 0.6) is 0 Å². The molecule has 0 spiro atoms. The number of nitrogen functional groups attached to an aromatic ring is 1. The second-order valence-corrected chi connectivity index (χ2v) is 4.19. The van der Waals surface area contributed by atoms with Crippen molar-refractivity contribution in [2.24, 2.45) is 5.11 Å². The molecule has 1 aromatic heterocycles. The Hall–Kier alpha value is -2.20. The van der Waals surface area contributed by atoms with E-state index in [-0.39, 0.29) is 5.82 Å². The number of azide groups is 1. The molecule has 10 nitrogen and oxygen atoms in total. The largest absolute Gasteiger partial charge is 0.393 e. The summed E-state index contributed by atoms with van der Waals surface area (Å²) < 4.78 is 19.3. The number of hydrogen-bond donors (Lipinski definition) is 3. The second kappa shape index (κ2) is 6.99. The van der Waals surface area contributed by atoms with Crippen molar-refractivity contribution in [3.05, 3.63) is 33.2 Å². The number of hydrogen-bond acceptors (Lipinski definition) is 7. The van der Waals surface area contributed by atoms with Crippen LogP contribution in [0.4, 0.5) is 10.2 Å². The van der Waals surface area contributed by atoms with Gasteiger partial charge >= 0.3 is 5.69 Å². The predicted molar refractivity (Wildman–Crippen MR) is 69.7 cm³/mol. The van der Waals surface area contributed by atoms with Gasteiger partial charge in [-0.15, -0.1) is 0 Å². The molecule has 1 heterocycles. The highest BCUT2D eigenvalue weighted by atomic mass is 19.1. The first-order valence-corrected chi connectivity index (χ1v) is 5.81. The van der Waals surface area contributed by atoms with Crippen molar-refractivity contribution in [3.63, 3.8) is 0 Å². The minimum absolute atomic E-state index is 0.00326. The van der Waals surface area contributed by atoms with Crippen LogP contribution in [-0.4, -0.2) is 44.9 Å². The van der Waals surface area contributed by atoms with E-state index in [1.807, 2.05) is 0 Å². The highest BCUT2D eigenvalue weighted by Gasteiger charge is 2.41. The number of aliphatic hydroxyl groups is 2. The maximum atomic E-state index is 13.2. The first-order valence-electron chi connectivity index (χ1n) is 5.81. The lowest BCUT2D eigenvalue weighted by atomic mass is 10.1. The van der Waals surface area contributed by atoms with Crippen molar-refractivity contribution in [1.29, 1.82) is 0 Å². The summed E-state index contributed by atoms with van der Waals surface area (Å²) in [6.07, 6.45) is -1.82. The molecule has 0 aliphatic heterocycles. The molecule has 0 aliphatic carbocycles. The van der Waals surface area contributed by atoms with Crippen LogP contribution in [0.1, 0.15) is 13.2 Å². The van der Waals surface area contributed by atoms with Gasteiger partial charge in [0.05, 0.1) is 6.61 Å². The molecule has 0 radical (unpaired) electrons. The number of halogens is 1. The van der Waals surface area contributed by atoms with Crippen LogP contribution in [0.3, 0.4) is 0 Å². The van der Waals surface area contributed by atoms with E-state index in [1.54, 1.807) is 0 Å². The van der Waals surface area contributed by atoms with Gasteiger partial charge in [-0.3, -0.25) is 4.57 Å². The Morgan fingerprint density at radius 3 is 2.90 bits per heavy atom. The minimum atomic E-state index is -2.19. The van der Waals surface area contributed by atoms with E-state index in [4.69, 9.17) is 16.0 Å². The van der Waals surface area contributed by atoms with Gasteiger partial charge in [0.2, 0.25) is 0 Å². The van der Waals surface area contributed by atoms with Crippen LogP contribution in [0, 0.1) is 0 Å². The van der Waals surface area contributed by atoms with Gasteiger partial charge in [0.25, 0.3) is 0 Å². The number of anilines is 1. The number of aromatic nitrogens is 2. The lowest BCUT2D eigenvalue weighted by molar-refractivity contribution is -0.197. The van der Waals surface area contributed by atoms with E-state index >= 15 is 0 Å². The number of ether oxygens (including phenoxy) is 1. The Balaban J connectivity index is 3.08. The zero-order valence-electron chi connectivity index (χ0n) is 11.1.